The Labute approximate surface area is 214 Å². The third-order valence-corrected chi connectivity index (χ3v) is 5.84. The predicted octanol–water partition coefficient (Wildman–Crippen LogP) is 4.82. The number of ether oxygens (including phenoxy) is 1. The lowest BCUT2D eigenvalue weighted by molar-refractivity contribution is -0.137. The van der Waals surface area contributed by atoms with E-state index in [9.17, 15) is 9.59 Å². The summed E-state index contributed by atoms with van der Waals surface area (Å²) >= 11 is 0. The first-order chi connectivity index (χ1) is 18.1. The summed E-state index contributed by atoms with van der Waals surface area (Å²) < 4.78 is 4.80. The van der Waals surface area contributed by atoms with Crippen LogP contribution in [0.3, 0.4) is 0 Å². The van der Waals surface area contributed by atoms with E-state index in [2.05, 4.69) is 49.0 Å². The van der Waals surface area contributed by atoms with Crippen LogP contribution in [0.2, 0.25) is 0 Å². The lowest BCUT2D eigenvalue weighted by atomic mass is 10.2. The number of carbonyl (C=O) groups excluding carboxylic acids is 2. The molecule has 0 saturated carbocycles. The molecule has 3 N–H and O–H groups in total. The van der Waals surface area contributed by atoms with Crippen LogP contribution in [0.1, 0.15) is 12.5 Å². The molecule has 0 aliphatic carbocycles. The van der Waals surface area contributed by atoms with Crippen LogP contribution in [-0.2, 0) is 20.9 Å². The van der Waals surface area contributed by atoms with Crippen molar-refractivity contribution in [1.29, 1.82) is 0 Å². The molecule has 0 unspecified atom stereocenters. The predicted molar refractivity (Wildman–Crippen MR) is 145 cm³/mol. The average molecular weight is 495 g/mol. The molecule has 37 heavy (non-hydrogen) atoms. The van der Waals surface area contributed by atoms with Crippen molar-refractivity contribution < 1.29 is 14.3 Å². The zero-order chi connectivity index (χ0) is 25.6. The van der Waals surface area contributed by atoms with Gasteiger partial charge in [0.25, 0.3) is 0 Å². The number of carbonyl (C=O) groups is 2. The molecule has 4 aromatic rings. The van der Waals surface area contributed by atoms with Gasteiger partial charge in [-0.2, -0.15) is 0 Å². The lowest BCUT2D eigenvalue weighted by Crippen LogP contribution is -2.21. The second kappa shape index (κ2) is 10.8. The average Bonchev–Trinajstić information content (AvgIpc) is 3.30. The number of rotatable bonds is 8. The Balaban J connectivity index is 1.35. The second-order valence-electron chi connectivity index (χ2n) is 8.40. The standard InChI is InChI=1S/C28H26N6O3/c1-2-37-27(36)13-12-26(35)32-20-8-10-23-22(14-20)28(30-17-29-23)33-21-9-11-24-25(15-21)34(18-31-24)16-19-6-4-3-5-7-19/h3-15,17,31H,2,16,18H2,1H3,(H,32,35)(H,29,30,33). The third-order valence-electron chi connectivity index (χ3n) is 5.84. The van der Waals surface area contributed by atoms with Crippen molar-refractivity contribution in [1.82, 2.24) is 9.97 Å². The Morgan fingerprint density at radius 1 is 1.03 bits per heavy atom. The third kappa shape index (κ3) is 5.67. The summed E-state index contributed by atoms with van der Waals surface area (Å²) in [5.41, 5.74) is 5.59. The molecule has 1 aliphatic heterocycles. The van der Waals surface area contributed by atoms with Crippen LogP contribution in [-0.4, -0.2) is 35.1 Å². The first-order valence-electron chi connectivity index (χ1n) is 11.9. The molecule has 9 nitrogen and oxygen atoms in total. The van der Waals surface area contributed by atoms with E-state index < -0.39 is 11.9 Å². The summed E-state index contributed by atoms with van der Waals surface area (Å²) in [5, 5.41) is 10.3. The van der Waals surface area contributed by atoms with E-state index in [0.717, 1.165) is 53.3 Å². The number of nitrogens with one attached hydrogen (secondary N) is 3. The van der Waals surface area contributed by atoms with Crippen LogP contribution in [0.25, 0.3) is 10.9 Å². The van der Waals surface area contributed by atoms with Crippen LogP contribution in [0.15, 0.2) is 85.2 Å². The van der Waals surface area contributed by atoms with E-state index in [1.807, 2.05) is 30.3 Å². The number of benzene rings is 3. The van der Waals surface area contributed by atoms with Crippen molar-refractivity contribution in [2.45, 2.75) is 13.5 Å². The second-order valence-corrected chi connectivity index (χ2v) is 8.40. The Hall–Kier alpha value is -4.92. The smallest absolute Gasteiger partial charge is 0.330 e. The molecule has 0 bridgehead atoms. The minimum absolute atomic E-state index is 0.247. The quantitative estimate of drug-likeness (QED) is 0.236. The Morgan fingerprint density at radius 2 is 1.86 bits per heavy atom. The Bertz CT molecular complexity index is 1470. The summed E-state index contributed by atoms with van der Waals surface area (Å²) in [6.07, 6.45) is 3.74. The number of amides is 1. The van der Waals surface area contributed by atoms with E-state index in [0.29, 0.717) is 11.5 Å². The normalized spacial score (nSPS) is 12.3. The summed E-state index contributed by atoms with van der Waals surface area (Å²) in [4.78, 5) is 34.8. The molecule has 1 aromatic heterocycles. The fourth-order valence-corrected chi connectivity index (χ4v) is 4.12. The van der Waals surface area contributed by atoms with Crippen molar-refractivity contribution in [2.75, 3.05) is 34.1 Å². The number of hydrogen-bond acceptors (Lipinski definition) is 8. The molecule has 5 rings (SSSR count). The van der Waals surface area contributed by atoms with Crippen LogP contribution >= 0.6 is 0 Å². The molecular weight excluding hydrogens is 468 g/mol. The maximum Gasteiger partial charge on any atom is 0.330 e. The van der Waals surface area contributed by atoms with Gasteiger partial charge in [0.2, 0.25) is 5.91 Å². The molecule has 1 amide bonds. The van der Waals surface area contributed by atoms with Gasteiger partial charge in [-0.1, -0.05) is 30.3 Å². The van der Waals surface area contributed by atoms with E-state index in [1.54, 1.807) is 25.1 Å². The van der Waals surface area contributed by atoms with Crippen molar-refractivity contribution in [3.63, 3.8) is 0 Å². The van der Waals surface area contributed by atoms with Crippen LogP contribution in [0, 0.1) is 0 Å². The summed E-state index contributed by atoms with van der Waals surface area (Å²) in [5.74, 6) is -0.394. The zero-order valence-electron chi connectivity index (χ0n) is 20.3. The van der Waals surface area contributed by atoms with Gasteiger partial charge in [-0.3, -0.25) is 4.79 Å². The largest absolute Gasteiger partial charge is 0.463 e. The van der Waals surface area contributed by atoms with Crippen LogP contribution < -0.4 is 20.9 Å². The van der Waals surface area contributed by atoms with Crippen molar-refractivity contribution in [3.05, 3.63) is 90.8 Å². The minimum Gasteiger partial charge on any atom is -0.463 e. The number of anilines is 5. The van der Waals surface area contributed by atoms with Gasteiger partial charge in [-0.05, 0) is 48.9 Å². The van der Waals surface area contributed by atoms with E-state index in [1.165, 1.54) is 11.9 Å². The molecule has 0 atom stereocenters. The topological polar surface area (TPSA) is 108 Å². The van der Waals surface area contributed by atoms with Crippen molar-refractivity contribution >= 4 is 51.3 Å². The Kier molecular flexibility index (Phi) is 6.93. The van der Waals surface area contributed by atoms with E-state index >= 15 is 0 Å². The highest BCUT2D eigenvalue weighted by Crippen LogP contribution is 2.36. The Morgan fingerprint density at radius 3 is 2.70 bits per heavy atom. The van der Waals surface area contributed by atoms with Crippen LogP contribution in [0.4, 0.5) is 28.6 Å². The molecule has 0 spiro atoms. The summed E-state index contributed by atoms with van der Waals surface area (Å²) in [6.45, 7) is 3.48. The van der Waals surface area contributed by atoms with Crippen LogP contribution in [0.5, 0.6) is 0 Å². The maximum absolute atomic E-state index is 12.2. The molecule has 0 fully saturated rings. The number of aromatic nitrogens is 2. The van der Waals surface area contributed by atoms with Gasteiger partial charge in [-0.25, -0.2) is 14.8 Å². The zero-order valence-corrected chi connectivity index (χ0v) is 20.3. The van der Waals surface area contributed by atoms with Crippen molar-refractivity contribution in [2.24, 2.45) is 0 Å². The van der Waals surface area contributed by atoms with Gasteiger partial charge in [0.1, 0.15) is 12.1 Å². The highest BCUT2D eigenvalue weighted by Gasteiger charge is 2.19. The minimum atomic E-state index is -0.567. The SMILES string of the molecule is CCOC(=O)C=CC(=O)Nc1ccc2ncnc(Nc3ccc4c(c3)N(Cc3ccccc3)CN4)c2c1. The molecule has 3 aromatic carbocycles. The van der Waals surface area contributed by atoms with Gasteiger partial charge in [-0.15, -0.1) is 0 Å². The molecule has 186 valence electrons. The fourth-order valence-electron chi connectivity index (χ4n) is 4.12. The lowest BCUT2D eigenvalue weighted by Gasteiger charge is -2.19. The van der Waals surface area contributed by atoms with E-state index in [4.69, 9.17) is 4.74 Å². The first kappa shape index (κ1) is 23.8. The number of nitrogens with zero attached hydrogens (tertiary/aromatic N) is 3. The van der Waals surface area contributed by atoms with Gasteiger partial charge in [0.05, 0.1) is 30.2 Å². The number of fused-ring (bicyclic) bond motifs is 2. The number of hydrogen-bond donors (Lipinski definition) is 3. The number of esters is 1. The van der Waals surface area contributed by atoms with E-state index in [-0.39, 0.29) is 6.61 Å². The van der Waals surface area contributed by atoms with Crippen molar-refractivity contribution in [3.8, 4) is 0 Å². The molecule has 0 radical (unpaired) electrons. The molecule has 0 saturated heterocycles. The summed E-state index contributed by atoms with van der Waals surface area (Å²) in [7, 11) is 0. The van der Waals surface area contributed by atoms with Gasteiger partial charge in [0.15, 0.2) is 0 Å². The van der Waals surface area contributed by atoms with Gasteiger partial charge in [0, 0.05) is 35.5 Å². The highest BCUT2D eigenvalue weighted by atomic mass is 16.5. The monoisotopic (exact) mass is 494 g/mol. The molecule has 1 aliphatic rings. The molecule has 2 heterocycles. The highest BCUT2D eigenvalue weighted by molar-refractivity contribution is 6.04. The fraction of sp³-hybridized carbons (Fsp3) is 0.143. The van der Waals surface area contributed by atoms with Gasteiger partial charge < -0.3 is 25.6 Å². The van der Waals surface area contributed by atoms with Gasteiger partial charge >= 0.3 is 5.97 Å². The maximum atomic E-state index is 12.2. The summed E-state index contributed by atoms with van der Waals surface area (Å²) in [6, 6.07) is 21.8. The molecule has 9 heteroatoms. The molecular formula is C28H26N6O3. The first-order valence-corrected chi connectivity index (χ1v) is 11.9.